The number of aryl methyl sites for hydroxylation is 1. The Morgan fingerprint density at radius 1 is 0.900 bits per heavy atom. The minimum atomic E-state index is 0.536. The van der Waals surface area contributed by atoms with Crippen LogP contribution in [0, 0.1) is 6.92 Å². The summed E-state index contributed by atoms with van der Waals surface area (Å²) in [6.45, 7) is 2.61. The highest BCUT2D eigenvalue weighted by atomic mass is 32.2. The second kappa shape index (κ2) is 9.89. The number of rotatable bonds is 8. The van der Waals surface area contributed by atoms with Crippen LogP contribution in [0.3, 0.4) is 0 Å². The van der Waals surface area contributed by atoms with Gasteiger partial charge in [0, 0.05) is 11.4 Å². The molecule has 0 atom stereocenters. The molecule has 0 saturated carbocycles. The van der Waals surface area contributed by atoms with Crippen LogP contribution < -0.4 is 5.32 Å². The van der Waals surface area contributed by atoms with E-state index in [2.05, 4.69) is 63.9 Å². The van der Waals surface area contributed by atoms with Gasteiger partial charge in [0.2, 0.25) is 5.16 Å². The summed E-state index contributed by atoms with van der Waals surface area (Å²) < 4.78 is 1.82. The van der Waals surface area contributed by atoms with Gasteiger partial charge in [0.1, 0.15) is 0 Å². The Bertz CT molecular complexity index is 1090. The van der Waals surface area contributed by atoms with E-state index in [0.29, 0.717) is 6.54 Å². The highest BCUT2D eigenvalue weighted by Gasteiger charge is 2.12. The summed E-state index contributed by atoms with van der Waals surface area (Å²) in [7, 11) is 0. The maximum absolute atomic E-state index is 4.68. The quantitative estimate of drug-likeness (QED) is 0.311. The van der Waals surface area contributed by atoms with E-state index in [4.69, 9.17) is 0 Å². The van der Waals surface area contributed by atoms with Crippen LogP contribution in [0.2, 0.25) is 0 Å². The first kappa shape index (κ1) is 19.9. The summed E-state index contributed by atoms with van der Waals surface area (Å²) in [5, 5.41) is 17.6. The van der Waals surface area contributed by atoms with Crippen molar-refractivity contribution in [3.05, 3.63) is 107 Å². The first-order chi connectivity index (χ1) is 14.8. The molecule has 3 aromatic carbocycles. The molecule has 0 radical (unpaired) electrons. The predicted molar refractivity (Wildman–Crippen MR) is 124 cm³/mol. The number of nitrogens with one attached hydrogen (secondary N) is 1. The minimum Gasteiger partial charge on any atom is -0.378 e. The summed E-state index contributed by atoms with van der Waals surface area (Å²) in [6, 6.07) is 28.7. The van der Waals surface area contributed by atoms with Crippen LogP contribution in [-0.4, -0.2) is 21.1 Å². The molecule has 0 bridgehead atoms. The van der Waals surface area contributed by atoms with Crippen LogP contribution >= 0.6 is 11.8 Å². The Labute approximate surface area is 180 Å². The van der Waals surface area contributed by atoms with E-state index in [-0.39, 0.29) is 0 Å². The molecule has 0 aliphatic rings. The molecule has 5 nitrogen and oxygen atoms in total. The maximum atomic E-state index is 4.68. The Kier molecular flexibility index (Phi) is 6.57. The van der Waals surface area contributed by atoms with Crippen molar-refractivity contribution in [1.29, 1.82) is 0 Å². The van der Waals surface area contributed by atoms with Crippen molar-refractivity contribution in [2.24, 2.45) is 5.10 Å². The molecular formula is C24H23N5S. The summed E-state index contributed by atoms with van der Waals surface area (Å²) in [5.41, 5.74) is 4.54. The summed E-state index contributed by atoms with van der Waals surface area (Å²) >= 11 is 1.63. The highest BCUT2D eigenvalue weighted by molar-refractivity contribution is 7.98. The van der Waals surface area contributed by atoms with E-state index >= 15 is 0 Å². The molecule has 1 N–H and O–H groups in total. The zero-order valence-corrected chi connectivity index (χ0v) is 17.6. The minimum absolute atomic E-state index is 0.536. The van der Waals surface area contributed by atoms with Crippen LogP contribution in [0.4, 0.5) is 5.69 Å². The van der Waals surface area contributed by atoms with Gasteiger partial charge in [-0.25, -0.2) is 0 Å². The van der Waals surface area contributed by atoms with Crippen LogP contribution in [0.25, 0.3) is 0 Å². The molecule has 0 saturated heterocycles. The van der Waals surface area contributed by atoms with E-state index < -0.39 is 0 Å². The topological polar surface area (TPSA) is 55.1 Å². The molecule has 0 aliphatic heterocycles. The Morgan fingerprint density at radius 3 is 2.33 bits per heavy atom. The summed E-state index contributed by atoms with van der Waals surface area (Å²) in [4.78, 5) is 0. The third-order valence-electron chi connectivity index (χ3n) is 4.51. The predicted octanol–water partition coefficient (Wildman–Crippen LogP) is 5.37. The number of nitrogens with zero attached hydrogens (tertiary/aromatic N) is 4. The number of thioether (sulfide) groups is 1. The van der Waals surface area contributed by atoms with Crippen molar-refractivity contribution < 1.29 is 0 Å². The van der Waals surface area contributed by atoms with Gasteiger partial charge >= 0.3 is 0 Å². The standard InChI is InChI=1S/C24H23N5S/c1-19-12-14-22(15-13-19)25-17-23-27-28-24(30-18-21-10-6-3-7-11-21)29(23)26-16-20-8-4-2-5-9-20/h2-16,25H,17-18H2,1H3/b26-16-. The monoisotopic (exact) mass is 413 g/mol. The van der Waals surface area contributed by atoms with Gasteiger partial charge in [-0.15, -0.1) is 10.2 Å². The van der Waals surface area contributed by atoms with Gasteiger partial charge in [-0.2, -0.15) is 9.78 Å². The van der Waals surface area contributed by atoms with Gasteiger partial charge in [-0.3, -0.25) is 0 Å². The Balaban J connectivity index is 1.54. The number of hydrogen-bond acceptors (Lipinski definition) is 5. The van der Waals surface area contributed by atoms with Gasteiger partial charge in [-0.1, -0.05) is 90.1 Å². The second-order valence-corrected chi connectivity index (χ2v) is 7.80. The number of benzene rings is 3. The molecule has 0 spiro atoms. The zero-order chi connectivity index (χ0) is 20.6. The van der Waals surface area contributed by atoms with Crippen molar-refractivity contribution in [3.8, 4) is 0 Å². The molecule has 6 heteroatoms. The van der Waals surface area contributed by atoms with Crippen molar-refractivity contribution in [1.82, 2.24) is 14.9 Å². The fourth-order valence-corrected chi connectivity index (χ4v) is 3.71. The lowest BCUT2D eigenvalue weighted by Gasteiger charge is -2.07. The first-order valence-electron chi connectivity index (χ1n) is 9.79. The molecule has 0 fully saturated rings. The van der Waals surface area contributed by atoms with Crippen molar-refractivity contribution in [2.45, 2.75) is 24.4 Å². The normalized spacial score (nSPS) is 11.1. The molecular weight excluding hydrogens is 390 g/mol. The molecule has 30 heavy (non-hydrogen) atoms. The third kappa shape index (κ3) is 5.36. The van der Waals surface area contributed by atoms with Crippen LogP contribution in [0.15, 0.2) is 95.2 Å². The number of anilines is 1. The van der Waals surface area contributed by atoms with Crippen LogP contribution in [-0.2, 0) is 12.3 Å². The molecule has 0 amide bonds. The molecule has 0 aliphatic carbocycles. The number of hydrogen-bond donors (Lipinski definition) is 1. The fraction of sp³-hybridized carbons (Fsp3) is 0.125. The van der Waals surface area contributed by atoms with Gasteiger partial charge in [0.05, 0.1) is 12.8 Å². The molecule has 150 valence electrons. The van der Waals surface area contributed by atoms with Crippen molar-refractivity contribution >= 4 is 23.7 Å². The van der Waals surface area contributed by atoms with Gasteiger partial charge in [0.25, 0.3) is 0 Å². The highest BCUT2D eigenvalue weighted by Crippen LogP contribution is 2.22. The van der Waals surface area contributed by atoms with Crippen LogP contribution in [0.5, 0.6) is 0 Å². The second-order valence-electron chi connectivity index (χ2n) is 6.86. The van der Waals surface area contributed by atoms with E-state index in [1.807, 2.05) is 59.4 Å². The average Bonchev–Trinajstić information content (AvgIpc) is 3.19. The average molecular weight is 414 g/mol. The lowest BCUT2D eigenvalue weighted by molar-refractivity contribution is 0.725. The van der Waals surface area contributed by atoms with Gasteiger partial charge in [-0.05, 0) is 30.2 Å². The number of aromatic nitrogens is 3. The Morgan fingerprint density at radius 2 is 1.60 bits per heavy atom. The largest absolute Gasteiger partial charge is 0.378 e. The van der Waals surface area contributed by atoms with Crippen molar-refractivity contribution in [2.75, 3.05) is 5.32 Å². The molecule has 1 heterocycles. The van der Waals surface area contributed by atoms with Gasteiger partial charge < -0.3 is 5.32 Å². The lowest BCUT2D eigenvalue weighted by Crippen LogP contribution is -2.07. The first-order valence-corrected chi connectivity index (χ1v) is 10.8. The van der Waals surface area contributed by atoms with Crippen LogP contribution in [0.1, 0.15) is 22.5 Å². The van der Waals surface area contributed by atoms with E-state index in [0.717, 1.165) is 28.0 Å². The Hall–Kier alpha value is -3.38. The SMILES string of the molecule is Cc1ccc(NCc2nnc(SCc3ccccc3)n2/N=C\c2ccccc2)cc1. The molecule has 4 rings (SSSR count). The molecule has 1 aromatic heterocycles. The van der Waals surface area contributed by atoms with E-state index in [1.165, 1.54) is 11.1 Å². The maximum Gasteiger partial charge on any atom is 0.212 e. The van der Waals surface area contributed by atoms with E-state index in [1.54, 1.807) is 11.8 Å². The zero-order valence-electron chi connectivity index (χ0n) is 16.8. The fourth-order valence-electron chi connectivity index (χ4n) is 2.85. The molecule has 0 unspecified atom stereocenters. The molecule has 4 aromatic rings. The smallest absolute Gasteiger partial charge is 0.212 e. The third-order valence-corrected chi connectivity index (χ3v) is 5.50. The lowest BCUT2D eigenvalue weighted by atomic mass is 10.2. The summed E-state index contributed by atoms with van der Waals surface area (Å²) in [5.74, 6) is 1.57. The van der Waals surface area contributed by atoms with Gasteiger partial charge in [0.15, 0.2) is 5.82 Å². The van der Waals surface area contributed by atoms with E-state index in [9.17, 15) is 0 Å². The van der Waals surface area contributed by atoms with Crippen molar-refractivity contribution in [3.63, 3.8) is 0 Å². The summed E-state index contributed by atoms with van der Waals surface area (Å²) in [6.07, 6.45) is 1.84.